The molecule has 0 atom stereocenters. The molecule has 3 heterocycles. The first kappa shape index (κ1) is 21.0. The number of pyridine rings is 1. The molecule has 0 unspecified atom stereocenters. The largest absolute Gasteiger partial charge is 0.384 e. The first-order valence-electron chi connectivity index (χ1n) is 9.66. The molecule has 10 heteroatoms. The van der Waals surface area contributed by atoms with Gasteiger partial charge in [0.15, 0.2) is 0 Å². The molecule has 156 valence electrons. The Morgan fingerprint density at radius 3 is 2.39 bits per heavy atom. The second-order valence-electron chi connectivity index (χ2n) is 7.65. The summed E-state index contributed by atoms with van der Waals surface area (Å²) in [6.07, 6.45) is 3.38. The SMILES string of the molecule is CN(C)S(=O)(=O)N1CCN(C(=O)C2CCN(Cc3ccnc(N)c3)CC2)CC1. The van der Waals surface area contributed by atoms with E-state index in [9.17, 15) is 13.2 Å². The maximum atomic E-state index is 12.9. The molecular formula is C18H30N6O3S. The number of piperidine rings is 1. The fourth-order valence-corrected chi connectivity index (χ4v) is 4.90. The van der Waals surface area contributed by atoms with Crippen LogP contribution in [0.25, 0.3) is 0 Å². The summed E-state index contributed by atoms with van der Waals surface area (Å²) in [7, 11) is -0.348. The van der Waals surface area contributed by atoms with Gasteiger partial charge in [-0.3, -0.25) is 9.69 Å². The van der Waals surface area contributed by atoms with Crippen LogP contribution in [0.5, 0.6) is 0 Å². The summed E-state index contributed by atoms with van der Waals surface area (Å²) in [5.41, 5.74) is 6.87. The van der Waals surface area contributed by atoms with E-state index in [0.29, 0.717) is 32.0 Å². The first-order valence-corrected chi connectivity index (χ1v) is 11.1. The molecule has 2 fully saturated rings. The quantitative estimate of drug-likeness (QED) is 0.723. The lowest BCUT2D eigenvalue weighted by Gasteiger charge is -2.38. The van der Waals surface area contributed by atoms with Crippen LogP contribution in [0.1, 0.15) is 18.4 Å². The molecule has 2 saturated heterocycles. The molecule has 3 rings (SSSR count). The third kappa shape index (κ3) is 4.80. The number of rotatable bonds is 5. The van der Waals surface area contributed by atoms with E-state index in [0.717, 1.165) is 38.0 Å². The average Bonchev–Trinajstić information content (AvgIpc) is 2.68. The van der Waals surface area contributed by atoms with E-state index in [1.807, 2.05) is 17.0 Å². The minimum Gasteiger partial charge on any atom is -0.384 e. The normalized spacial score (nSPS) is 20.6. The third-order valence-electron chi connectivity index (χ3n) is 5.53. The van der Waals surface area contributed by atoms with Crippen LogP contribution in [-0.2, 0) is 21.5 Å². The highest BCUT2D eigenvalue weighted by Crippen LogP contribution is 2.22. The zero-order valence-corrected chi connectivity index (χ0v) is 17.4. The van der Waals surface area contributed by atoms with E-state index in [4.69, 9.17) is 5.73 Å². The summed E-state index contributed by atoms with van der Waals surface area (Å²) in [5, 5.41) is 0. The van der Waals surface area contributed by atoms with Crippen LogP contribution in [0.4, 0.5) is 5.82 Å². The van der Waals surface area contributed by atoms with Gasteiger partial charge in [-0.25, -0.2) is 4.98 Å². The number of nitrogens with zero attached hydrogens (tertiary/aromatic N) is 5. The van der Waals surface area contributed by atoms with E-state index in [1.54, 1.807) is 6.20 Å². The van der Waals surface area contributed by atoms with Crippen molar-refractivity contribution in [1.29, 1.82) is 0 Å². The lowest BCUT2D eigenvalue weighted by atomic mass is 9.94. The molecule has 0 aliphatic carbocycles. The van der Waals surface area contributed by atoms with E-state index in [2.05, 4.69) is 9.88 Å². The van der Waals surface area contributed by atoms with Crippen LogP contribution < -0.4 is 5.73 Å². The zero-order valence-electron chi connectivity index (χ0n) is 16.6. The second kappa shape index (κ2) is 8.73. The van der Waals surface area contributed by atoms with Crippen molar-refractivity contribution >= 4 is 21.9 Å². The number of piperazine rings is 1. The minimum atomic E-state index is -3.41. The Bertz CT molecular complexity index is 784. The number of anilines is 1. The van der Waals surface area contributed by atoms with Crippen molar-refractivity contribution in [3.63, 3.8) is 0 Å². The van der Waals surface area contributed by atoms with E-state index in [-0.39, 0.29) is 11.8 Å². The first-order chi connectivity index (χ1) is 13.3. The topological polar surface area (TPSA) is 103 Å². The predicted octanol–water partition coefficient (Wildman–Crippen LogP) is -0.174. The molecule has 1 amide bonds. The van der Waals surface area contributed by atoms with Gasteiger partial charge in [0.05, 0.1) is 0 Å². The number of carbonyl (C=O) groups is 1. The summed E-state index contributed by atoms with van der Waals surface area (Å²) in [6, 6.07) is 3.85. The molecule has 2 N–H and O–H groups in total. The van der Waals surface area contributed by atoms with Crippen molar-refractivity contribution < 1.29 is 13.2 Å². The molecule has 1 aromatic rings. The average molecular weight is 411 g/mol. The fourth-order valence-electron chi connectivity index (χ4n) is 3.82. The lowest BCUT2D eigenvalue weighted by molar-refractivity contribution is -0.138. The van der Waals surface area contributed by atoms with Crippen LogP contribution in [-0.4, -0.2) is 91.1 Å². The standard InChI is InChI=1S/C18H30N6O3S/c1-21(2)28(26,27)24-11-9-23(10-12-24)18(25)16-4-7-22(8-5-16)14-15-3-6-20-17(19)13-15/h3,6,13,16H,4-5,7-12,14H2,1-2H3,(H2,19,20). The number of likely N-dealkylation sites (tertiary alicyclic amines) is 1. The van der Waals surface area contributed by atoms with Crippen molar-refractivity contribution in [2.24, 2.45) is 5.92 Å². The number of nitrogen functional groups attached to an aromatic ring is 1. The van der Waals surface area contributed by atoms with Crippen molar-refractivity contribution in [2.45, 2.75) is 19.4 Å². The van der Waals surface area contributed by atoms with Gasteiger partial charge in [0.25, 0.3) is 10.2 Å². The van der Waals surface area contributed by atoms with Crippen molar-refractivity contribution in [3.05, 3.63) is 23.9 Å². The molecule has 2 aliphatic rings. The smallest absolute Gasteiger partial charge is 0.281 e. The number of hydrogen-bond donors (Lipinski definition) is 1. The Morgan fingerprint density at radius 1 is 1.18 bits per heavy atom. The fraction of sp³-hybridized carbons (Fsp3) is 0.667. The van der Waals surface area contributed by atoms with Crippen molar-refractivity contribution in [3.8, 4) is 0 Å². The lowest BCUT2D eigenvalue weighted by Crippen LogP contribution is -2.54. The van der Waals surface area contributed by atoms with E-state index >= 15 is 0 Å². The maximum Gasteiger partial charge on any atom is 0.281 e. The molecule has 28 heavy (non-hydrogen) atoms. The molecule has 0 radical (unpaired) electrons. The number of aromatic nitrogens is 1. The number of hydrogen-bond acceptors (Lipinski definition) is 6. The highest BCUT2D eigenvalue weighted by Gasteiger charge is 2.33. The third-order valence-corrected chi connectivity index (χ3v) is 7.47. The minimum absolute atomic E-state index is 0.0239. The highest BCUT2D eigenvalue weighted by atomic mass is 32.2. The van der Waals surface area contributed by atoms with Crippen LogP contribution in [0.15, 0.2) is 18.3 Å². The number of amides is 1. The molecule has 9 nitrogen and oxygen atoms in total. The summed E-state index contributed by atoms with van der Waals surface area (Å²) in [5.74, 6) is 0.712. The Balaban J connectivity index is 1.47. The number of carbonyl (C=O) groups excluding carboxylic acids is 1. The van der Waals surface area contributed by atoms with Crippen LogP contribution in [0, 0.1) is 5.92 Å². The number of nitrogens with two attached hydrogens (primary N) is 1. The Hall–Kier alpha value is -1.75. The molecule has 2 aliphatic heterocycles. The van der Waals surface area contributed by atoms with E-state index < -0.39 is 10.2 Å². The van der Waals surface area contributed by atoms with Gasteiger partial charge in [-0.15, -0.1) is 0 Å². The van der Waals surface area contributed by atoms with Gasteiger partial charge < -0.3 is 10.6 Å². The second-order valence-corrected chi connectivity index (χ2v) is 9.80. The van der Waals surface area contributed by atoms with Gasteiger partial charge in [0.1, 0.15) is 5.82 Å². The van der Waals surface area contributed by atoms with E-state index in [1.165, 1.54) is 22.7 Å². The van der Waals surface area contributed by atoms with Crippen LogP contribution in [0.2, 0.25) is 0 Å². The molecule has 1 aromatic heterocycles. The summed E-state index contributed by atoms with van der Waals surface area (Å²) >= 11 is 0. The van der Waals surface area contributed by atoms with Crippen molar-refractivity contribution in [2.75, 3.05) is 59.1 Å². The van der Waals surface area contributed by atoms with Gasteiger partial charge in [-0.05, 0) is 43.6 Å². The van der Waals surface area contributed by atoms with Gasteiger partial charge in [0, 0.05) is 58.9 Å². The zero-order chi connectivity index (χ0) is 20.3. The van der Waals surface area contributed by atoms with Crippen molar-refractivity contribution in [1.82, 2.24) is 23.4 Å². The van der Waals surface area contributed by atoms with Gasteiger partial charge in [-0.2, -0.15) is 17.0 Å². The molecule has 0 bridgehead atoms. The van der Waals surface area contributed by atoms with Gasteiger partial charge >= 0.3 is 0 Å². The molecule has 0 saturated carbocycles. The van der Waals surface area contributed by atoms with Gasteiger partial charge in [-0.1, -0.05) is 0 Å². The molecular weight excluding hydrogens is 380 g/mol. The maximum absolute atomic E-state index is 12.9. The summed E-state index contributed by atoms with van der Waals surface area (Å²) in [4.78, 5) is 21.0. The highest BCUT2D eigenvalue weighted by molar-refractivity contribution is 7.86. The predicted molar refractivity (Wildman–Crippen MR) is 107 cm³/mol. The molecule has 0 aromatic carbocycles. The summed E-state index contributed by atoms with van der Waals surface area (Å²) in [6.45, 7) is 4.18. The van der Waals surface area contributed by atoms with Crippen LogP contribution in [0.3, 0.4) is 0 Å². The summed E-state index contributed by atoms with van der Waals surface area (Å²) < 4.78 is 27.1. The monoisotopic (exact) mass is 410 g/mol. The Kier molecular flexibility index (Phi) is 6.54. The Labute approximate surface area is 167 Å². The Morgan fingerprint density at radius 2 is 1.82 bits per heavy atom. The van der Waals surface area contributed by atoms with Gasteiger partial charge in [0.2, 0.25) is 5.91 Å². The van der Waals surface area contributed by atoms with Crippen LogP contribution >= 0.6 is 0 Å². The molecule has 0 spiro atoms.